The maximum absolute atomic E-state index is 13.0. The molecule has 1 amide bonds. The number of nitrogens with one attached hydrogen (secondary N) is 2. The van der Waals surface area contributed by atoms with Crippen LogP contribution in [0.1, 0.15) is 34.3 Å². The van der Waals surface area contributed by atoms with E-state index in [1.807, 2.05) is 36.5 Å². The van der Waals surface area contributed by atoms with Gasteiger partial charge in [-0.3, -0.25) is 4.79 Å². The van der Waals surface area contributed by atoms with Crippen molar-refractivity contribution in [1.82, 2.24) is 9.97 Å². The maximum Gasteiger partial charge on any atom is 0.255 e. The van der Waals surface area contributed by atoms with Crippen LogP contribution in [0, 0.1) is 5.82 Å². The zero-order valence-electron chi connectivity index (χ0n) is 16.9. The van der Waals surface area contributed by atoms with Crippen molar-refractivity contribution in [3.63, 3.8) is 0 Å². The summed E-state index contributed by atoms with van der Waals surface area (Å²) in [6.45, 7) is 0. The number of anilines is 3. The van der Waals surface area contributed by atoms with Gasteiger partial charge in [0.1, 0.15) is 5.82 Å². The monoisotopic (exact) mass is 412 g/mol. The molecule has 0 saturated carbocycles. The minimum Gasteiger partial charge on any atom is -0.355 e. The Balaban J connectivity index is 1.37. The van der Waals surface area contributed by atoms with Gasteiger partial charge in [-0.1, -0.05) is 0 Å². The van der Waals surface area contributed by atoms with Crippen LogP contribution in [0.3, 0.4) is 0 Å². The second-order valence-electron chi connectivity index (χ2n) is 7.69. The first kappa shape index (κ1) is 19.2. The highest BCUT2D eigenvalue weighted by atomic mass is 19.1. The highest BCUT2D eigenvalue weighted by Crippen LogP contribution is 2.33. The van der Waals surface area contributed by atoms with E-state index in [-0.39, 0.29) is 11.7 Å². The van der Waals surface area contributed by atoms with Crippen LogP contribution >= 0.6 is 0 Å². The summed E-state index contributed by atoms with van der Waals surface area (Å²) in [7, 11) is 0. The quantitative estimate of drug-likeness (QED) is 0.455. The molecule has 0 fully saturated rings. The van der Waals surface area contributed by atoms with E-state index in [2.05, 4.69) is 20.6 Å². The number of hydrogen-bond donors (Lipinski definition) is 2. The van der Waals surface area contributed by atoms with Crippen molar-refractivity contribution in [3.05, 3.63) is 89.5 Å². The van der Waals surface area contributed by atoms with Gasteiger partial charge in [0.25, 0.3) is 5.91 Å². The molecule has 2 aromatic carbocycles. The first-order chi connectivity index (χ1) is 15.2. The zero-order valence-corrected chi connectivity index (χ0v) is 16.9. The van der Waals surface area contributed by atoms with Crippen molar-refractivity contribution in [2.45, 2.75) is 25.7 Å². The van der Waals surface area contributed by atoms with Crippen LogP contribution in [0.4, 0.5) is 21.5 Å². The normalized spacial score (nSPS) is 12.9. The lowest BCUT2D eigenvalue weighted by atomic mass is 9.90. The lowest BCUT2D eigenvalue weighted by Gasteiger charge is -2.19. The number of halogens is 1. The van der Waals surface area contributed by atoms with Crippen LogP contribution in [-0.2, 0) is 12.8 Å². The van der Waals surface area contributed by atoms with Gasteiger partial charge in [0, 0.05) is 34.7 Å². The second-order valence-corrected chi connectivity index (χ2v) is 7.69. The molecule has 31 heavy (non-hydrogen) atoms. The van der Waals surface area contributed by atoms with E-state index in [0.717, 1.165) is 35.2 Å². The Morgan fingerprint density at radius 3 is 2.42 bits per heavy atom. The average Bonchev–Trinajstić information content (AvgIpc) is 2.80. The molecule has 1 aliphatic rings. The molecule has 2 aromatic heterocycles. The molecule has 5 nitrogen and oxygen atoms in total. The van der Waals surface area contributed by atoms with Gasteiger partial charge < -0.3 is 10.6 Å². The van der Waals surface area contributed by atoms with Gasteiger partial charge in [-0.25, -0.2) is 14.4 Å². The number of pyridine rings is 2. The molecule has 154 valence electrons. The van der Waals surface area contributed by atoms with Gasteiger partial charge >= 0.3 is 0 Å². The third-order valence-electron chi connectivity index (χ3n) is 5.61. The van der Waals surface area contributed by atoms with Crippen LogP contribution in [0.2, 0.25) is 0 Å². The van der Waals surface area contributed by atoms with E-state index in [1.54, 1.807) is 6.20 Å². The molecule has 0 aliphatic heterocycles. The number of hydrogen-bond acceptors (Lipinski definition) is 4. The third kappa shape index (κ3) is 3.97. The fraction of sp³-hybridized carbons (Fsp3) is 0.160. The number of carbonyl (C=O) groups is 1. The SMILES string of the molecule is O=C(Nc1ccc(Nc2ccnc3ncc4c(c23)CCCC4)cc1)c1ccc(F)cc1. The third-order valence-corrected chi connectivity index (χ3v) is 5.61. The molecule has 0 spiro atoms. The lowest BCUT2D eigenvalue weighted by molar-refractivity contribution is 0.102. The van der Waals surface area contributed by atoms with Crippen molar-refractivity contribution in [3.8, 4) is 0 Å². The van der Waals surface area contributed by atoms with Gasteiger partial charge in [0.2, 0.25) is 0 Å². The molecule has 6 heteroatoms. The van der Waals surface area contributed by atoms with E-state index >= 15 is 0 Å². The number of fused-ring (bicyclic) bond motifs is 3. The van der Waals surface area contributed by atoms with Crippen LogP contribution in [0.15, 0.2) is 67.0 Å². The maximum atomic E-state index is 13.0. The molecule has 4 aromatic rings. The number of carbonyl (C=O) groups excluding carboxylic acids is 1. The molecule has 1 aliphatic carbocycles. The standard InChI is InChI=1S/C25H21FN4O/c26-18-7-5-16(6-8-18)25(31)30-20-11-9-19(10-12-20)29-22-13-14-27-24-23(22)21-4-2-1-3-17(21)15-28-24/h5-15H,1-4H2,(H,30,31)(H,27,28,29). The zero-order chi connectivity index (χ0) is 21.2. The summed E-state index contributed by atoms with van der Waals surface area (Å²) in [5, 5.41) is 7.40. The van der Waals surface area contributed by atoms with Crippen LogP contribution < -0.4 is 10.6 Å². The van der Waals surface area contributed by atoms with E-state index in [0.29, 0.717) is 11.3 Å². The smallest absolute Gasteiger partial charge is 0.255 e. The predicted molar refractivity (Wildman–Crippen MR) is 120 cm³/mol. The van der Waals surface area contributed by atoms with Crippen molar-refractivity contribution < 1.29 is 9.18 Å². The first-order valence-corrected chi connectivity index (χ1v) is 10.4. The van der Waals surface area contributed by atoms with Gasteiger partial charge in [-0.15, -0.1) is 0 Å². The largest absolute Gasteiger partial charge is 0.355 e. The summed E-state index contributed by atoms with van der Waals surface area (Å²) in [5.41, 5.74) is 6.38. The summed E-state index contributed by atoms with van der Waals surface area (Å²) in [6.07, 6.45) is 8.23. The Labute approximate surface area is 179 Å². The Morgan fingerprint density at radius 1 is 0.871 bits per heavy atom. The molecule has 0 atom stereocenters. The lowest BCUT2D eigenvalue weighted by Crippen LogP contribution is -2.11. The van der Waals surface area contributed by atoms with E-state index < -0.39 is 0 Å². The minimum absolute atomic E-state index is 0.279. The van der Waals surface area contributed by atoms with Crippen molar-refractivity contribution in [2.24, 2.45) is 0 Å². The van der Waals surface area contributed by atoms with Crippen molar-refractivity contribution in [2.75, 3.05) is 10.6 Å². The van der Waals surface area contributed by atoms with E-state index in [1.165, 1.54) is 48.2 Å². The molecule has 2 heterocycles. The van der Waals surface area contributed by atoms with Crippen molar-refractivity contribution >= 4 is 34.0 Å². The van der Waals surface area contributed by atoms with Crippen LogP contribution in [0.5, 0.6) is 0 Å². The molecular weight excluding hydrogens is 391 g/mol. The highest BCUT2D eigenvalue weighted by Gasteiger charge is 2.16. The molecule has 0 saturated heterocycles. The second kappa shape index (κ2) is 8.14. The fourth-order valence-corrected chi connectivity index (χ4v) is 4.04. The summed E-state index contributed by atoms with van der Waals surface area (Å²) in [5.74, 6) is -0.648. The number of amides is 1. The molecule has 5 rings (SSSR count). The number of aryl methyl sites for hydroxylation is 2. The molecular formula is C25H21FN4O. The summed E-state index contributed by atoms with van der Waals surface area (Å²) in [4.78, 5) is 21.3. The van der Waals surface area contributed by atoms with Crippen LogP contribution in [0.25, 0.3) is 11.0 Å². The summed E-state index contributed by atoms with van der Waals surface area (Å²) < 4.78 is 13.0. The fourth-order valence-electron chi connectivity index (χ4n) is 4.04. The van der Waals surface area contributed by atoms with Gasteiger partial charge in [-0.2, -0.15) is 0 Å². The Kier molecular flexibility index (Phi) is 5.04. The van der Waals surface area contributed by atoms with Crippen LogP contribution in [-0.4, -0.2) is 15.9 Å². The summed E-state index contributed by atoms with van der Waals surface area (Å²) in [6, 6.07) is 14.9. The number of aromatic nitrogens is 2. The molecule has 0 bridgehead atoms. The Morgan fingerprint density at radius 2 is 1.61 bits per heavy atom. The highest BCUT2D eigenvalue weighted by molar-refractivity contribution is 6.04. The minimum atomic E-state index is -0.368. The van der Waals surface area contributed by atoms with Crippen molar-refractivity contribution in [1.29, 1.82) is 0 Å². The average molecular weight is 412 g/mol. The number of benzene rings is 2. The predicted octanol–water partition coefficient (Wildman–Crippen LogP) is 5.64. The topological polar surface area (TPSA) is 66.9 Å². The Hall–Kier alpha value is -3.80. The summed E-state index contributed by atoms with van der Waals surface area (Å²) >= 11 is 0. The number of rotatable bonds is 4. The first-order valence-electron chi connectivity index (χ1n) is 10.4. The van der Waals surface area contributed by atoms with E-state index in [9.17, 15) is 9.18 Å². The number of nitrogens with zero attached hydrogens (tertiary/aromatic N) is 2. The molecule has 0 radical (unpaired) electrons. The molecule has 0 unspecified atom stereocenters. The van der Waals surface area contributed by atoms with Gasteiger partial charge in [-0.05, 0) is 91.4 Å². The van der Waals surface area contributed by atoms with E-state index in [4.69, 9.17) is 0 Å². The Bertz CT molecular complexity index is 1250. The van der Waals surface area contributed by atoms with Gasteiger partial charge in [0.15, 0.2) is 5.65 Å². The molecule has 2 N–H and O–H groups in total. The van der Waals surface area contributed by atoms with Gasteiger partial charge in [0.05, 0.1) is 5.69 Å².